The van der Waals surface area contributed by atoms with Gasteiger partial charge in [-0.15, -0.1) is 0 Å². The summed E-state index contributed by atoms with van der Waals surface area (Å²) < 4.78 is 7.65. The molecule has 0 atom stereocenters. The fourth-order valence-corrected chi connectivity index (χ4v) is 0.598. The molecule has 1 rings (SSSR count). The van der Waals surface area contributed by atoms with Gasteiger partial charge in [-0.2, -0.15) is 0 Å². The zero-order valence-corrected chi connectivity index (χ0v) is 3.99. The molecule has 0 radical (unpaired) electrons. The second-order valence-corrected chi connectivity index (χ2v) is 1.64. The second kappa shape index (κ2) is 2.10. The molecule has 3 heteroatoms. The lowest BCUT2D eigenvalue weighted by Gasteiger charge is -2.03. The van der Waals surface area contributed by atoms with Crippen molar-refractivity contribution in [1.29, 1.82) is 0 Å². The maximum atomic E-state index is 4.76. The van der Waals surface area contributed by atoms with Gasteiger partial charge >= 0.3 is 0 Å². The van der Waals surface area contributed by atoms with Crippen LogP contribution in [0.2, 0.25) is 0 Å². The van der Waals surface area contributed by atoms with Crippen molar-refractivity contribution in [2.75, 3.05) is 6.73 Å². The Kier molecular flexibility index (Phi) is 1.41. The zero-order chi connectivity index (χ0) is 4.24. The van der Waals surface area contributed by atoms with E-state index < -0.39 is 0 Å². The predicted molar refractivity (Wildman–Crippen MR) is 25.8 cm³/mol. The molecule has 0 aliphatic carbocycles. The van der Waals surface area contributed by atoms with E-state index in [0.717, 1.165) is 0 Å². The zero-order valence-electron chi connectivity index (χ0n) is 3.18. The van der Waals surface area contributed by atoms with Crippen LogP contribution in [0, 0.1) is 0 Å². The molecule has 0 bridgehead atoms. The van der Waals surface area contributed by atoms with E-state index in [1.54, 1.807) is 6.26 Å². The molecular formula is C3H5NOS. The third-order valence-corrected chi connectivity index (χ3v) is 0.977. The lowest BCUT2D eigenvalue weighted by atomic mass is 11.1. The fourth-order valence-electron chi connectivity index (χ4n) is 0.231. The molecule has 1 N–H and O–H groups in total. The Hall–Kier alpha value is -0.150. The van der Waals surface area contributed by atoms with Crippen LogP contribution in [0.4, 0.5) is 0 Å². The molecular weight excluding hydrogens is 98.1 g/mol. The van der Waals surface area contributed by atoms with Crippen LogP contribution < -0.4 is 4.72 Å². The molecule has 0 aromatic rings. The van der Waals surface area contributed by atoms with Gasteiger partial charge in [-0.1, -0.05) is 0 Å². The van der Waals surface area contributed by atoms with E-state index in [2.05, 4.69) is 4.72 Å². The first-order valence-electron chi connectivity index (χ1n) is 1.65. The lowest BCUT2D eigenvalue weighted by molar-refractivity contribution is 0.245. The van der Waals surface area contributed by atoms with E-state index in [9.17, 15) is 0 Å². The first-order valence-corrected chi connectivity index (χ1v) is 2.53. The highest BCUT2D eigenvalue weighted by atomic mass is 32.2. The summed E-state index contributed by atoms with van der Waals surface area (Å²) in [6, 6.07) is 0. The summed E-state index contributed by atoms with van der Waals surface area (Å²) in [5.41, 5.74) is 0. The monoisotopic (exact) mass is 103 g/mol. The van der Waals surface area contributed by atoms with Crippen LogP contribution in [0.1, 0.15) is 0 Å². The van der Waals surface area contributed by atoms with E-state index >= 15 is 0 Å². The fraction of sp³-hybridized carbons (Fsp3) is 0.333. The molecule has 0 fully saturated rings. The molecule has 0 amide bonds. The molecule has 1 heterocycles. The Balaban J connectivity index is 2.26. The average molecular weight is 103 g/mol. The molecule has 0 unspecified atom stereocenters. The van der Waals surface area contributed by atoms with Crippen LogP contribution in [0.5, 0.6) is 0 Å². The van der Waals surface area contributed by atoms with Gasteiger partial charge in [-0.3, -0.25) is 0 Å². The van der Waals surface area contributed by atoms with Crippen molar-refractivity contribution < 1.29 is 4.74 Å². The quantitative estimate of drug-likeness (QED) is 0.455. The molecule has 34 valence electrons. The van der Waals surface area contributed by atoms with E-state index in [4.69, 9.17) is 4.74 Å². The van der Waals surface area contributed by atoms with Crippen LogP contribution in [0.15, 0.2) is 11.7 Å². The Morgan fingerprint density at radius 1 is 1.83 bits per heavy atom. The summed E-state index contributed by atoms with van der Waals surface area (Å²) in [6.07, 6.45) is 1.67. The van der Waals surface area contributed by atoms with Crippen LogP contribution in [-0.2, 0) is 4.74 Å². The van der Waals surface area contributed by atoms with Crippen LogP contribution >= 0.6 is 11.9 Å². The topological polar surface area (TPSA) is 21.3 Å². The Morgan fingerprint density at radius 2 is 2.83 bits per heavy atom. The number of hydrogen-bond donors (Lipinski definition) is 1. The van der Waals surface area contributed by atoms with Crippen LogP contribution in [-0.4, -0.2) is 6.73 Å². The maximum absolute atomic E-state index is 4.76. The molecule has 6 heavy (non-hydrogen) atoms. The summed E-state index contributed by atoms with van der Waals surface area (Å²) in [5, 5.41) is 1.85. The van der Waals surface area contributed by atoms with Gasteiger partial charge in [0.05, 0.1) is 6.26 Å². The van der Waals surface area contributed by atoms with Crippen molar-refractivity contribution in [3.63, 3.8) is 0 Å². The number of nitrogens with one attached hydrogen (secondary N) is 1. The standard InChI is InChI=1S/C3H5NOS/c1-2-6-4-3-5-1/h1-2,4H,3H2. The number of ether oxygens (including phenoxy) is 1. The molecule has 2 nitrogen and oxygen atoms in total. The largest absolute Gasteiger partial charge is 0.485 e. The second-order valence-electron chi connectivity index (χ2n) is 0.845. The van der Waals surface area contributed by atoms with E-state index in [1.165, 1.54) is 11.9 Å². The van der Waals surface area contributed by atoms with Crippen LogP contribution in [0.25, 0.3) is 0 Å². The van der Waals surface area contributed by atoms with Crippen molar-refractivity contribution in [2.24, 2.45) is 0 Å². The Morgan fingerprint density at radius 3 is 3.00 bits per heavy atom. The highest BCUT2D eigenvalue weighted by Gasteiger charge is 1.84. The van der Waals surface area contributed by atoms with E-state index in [-0.39, 0.29) is 0 Å². The Bertz CT molecular complexity index is 55.8. The number of rotatable bonds is 0. The van der Waals surface area contributed by atoms with Crippen molar-refractivity contribution in [2.45, 2.75) is 0 Å². The van der Waals surface area contributed by atoms with Gasteiger partial charge in [0.2, 0.25) is 0 Å². The number of hydrogen-bond acceptors (Lipinski definition) is 3. The van der Waals surface area contributed by atoms with Crippen molar-refractivity contribution in [3.8, 4) is 0 Å². The van der Waals surface area contributed by atoms with E-state index in [0.29, 0.717) is 6.73 Å². The van der Waals surface area contributed by atoms with Gasteiger partial charge in [0.25, 0.3) is 0 Å². The highest BCUT2D eigenvalue weighted by Crippen LogP contribution is 1.98. The molecule has 0 saturated carbocycles. The minimum atomic E-state index is 0.626. The summed E-state index contributed by atoms with van der Waals surface area (Å²) in [5.74, 6) is 0. The molecule has 0 aromatic carbocycles. The van der Waals surface area contributed by atoms with Crippen molar-refractivity contribution >= 4 is 11.9 Å². The van der Waals surface area contributed by atoms with Gasteiger partial charge in [0.1, 0.15) is 6.73 Å². The smallest absolute Gasteiger partial charge is 0.147 e. The molecule has 0 saturated heterocycles. The molecule has 0 spiro atoms. The summed E-state index contributed by atoms with van der Waals surface area (Å²) >= 11 is 1.54. The van der Waals surface area contributed by atoms with Crippen molar-refractivity contribution in [1.82, 2.24) is 4.72 Å². The highest BCUT2D eigenvalue weighted by molar-refractivity contribution is 8.00. The first-order chi connectivity index (χ1) is 3.00. The normalized spacial score (nSPS) is 20.0. The predicted octanol–water partition coefficient (Wildman–Crippen LogP) is 0.683. The lowest BCUT2D eigenvalue weighted by Crippen LogP contribution is -2.07. The summed E-state index contributed by atoms with van der Waals surface area (Å²) in [4.78, 5) is 0. The third kappa shape index (κ3) is 0.914. The summed E-state index contributed by atoms with van der Waals surface area (Å²) in [6.45, 7) is 0.626. The Labute approximate surface area is 40.7 Å². The minimum absolute atomic E-state index is 0.626. The average Bonchev–Trinajstić information content (AvgIpc) is 1.72. The molecule has 1 aliphatic heterocycles. The van der Waals surface area contributed by atoms with Gasteiger partial charge in [-0.25, -0.2) is 4.72 Å². The van der Waals surface area contributed by atoms with Gasteiger partial charge < -0.3 is 4.74 Å². The van der Waals surface area contributed by atoms with Gasteiger partial charge in [-0.05, 0) is 11.9 Å². The third-order valence-electron chi connectivity index (χ3n) is 0.445. The van der Waals surface area contributed by atoms with Crippen molar-refractivity contribution in [3.05, 3.63) is 11.7 Å². The molecule has 0 aromatic heterocycles. The van der Waals surface area contributed by atoms with E-state index in [1.807, 2.05) is 5.41 Å². The minimum Gasteiger partial charge on any atom is -0.485 e. The van der Waals surface area contributed by atoms with Gasteiger partial charge in [0.15, 0.2) is 0 Å². The van der Waals surface area contributed by atoms with Gasteiger partial charge in [0, 0.05) is 5.41 Å². The first kappa shape index (κ1) is 4.02. The maximum Gasteiger partial charge on any atom is 0.147 e. The SMILES string of the molecule is C1=CSNCO1. The summed E-state index contributed by atoms with van der Waals surface area (Å²) in [7, 11) is 0. The van der Waals surface area contributed by atoms with Crippen LogP contribution in [0.3, 0.4) is 0 Å². The molecule has 1 aliphatic rings.